The number of carboxylic acids is 1. The van der Waals surface area contributed by atoms with E-state index < -0.39 is 12.0 Å². The standard InChI is InChI=1S/C14H23NO4/c1-19-11-8-12(14(17)18)15(9-11)13(16)10-6-4-2-3-5-7-10/h10-12H,2-9H2,1H3,(H,17,18). The van der Waals surface area contributed by atoms with Crippen LogP contribution in [0.2, 0.25) is 0 Å². The van der Waals surface area contributed by atoms with Crippen molar-refractivity contribution in [2.45, 2.75) is 57.1 Å². The number of carbonyl (C=O) groups is 2. The average molecular weight is 269 g/mol. The number of hydrogen-bond donors (Lipinski definition) is 1. The zero-order valence-corrected chi connectivity index (χ0v) is 11.5. The van der Waals surface area contributed by atoms with E-state index in [2.05, 4.69) is 0 Å². The molecular formula is C14H23NO4. The van der Waals surface area contributed by atoms with E-state index in [0.29, 0.717) is 13.0 Å². The van der Waals surface area contributed by atoms with Gasteiger partial charge in [-0.15, -0.1) is 0 Å². The number of aliphatic carboxylic acids is 1. The topological polar surface area (TPSA) is 66.8 Å². The van der Waals surface area contributed by atoms with Crippen LogP contribution in [0.1, 0.15) is 44.9 Å². The van der Waals surface area contributed by atoms with Crippen LogP contribution in [0.5, 0.6) is 0 Å². The lowest BCUT2D eigenvalue weighted by Gasteiger charge is -2.26. The molecule has 2 atom stereocenters. The summed E-state index contributed by atoms with van der Waals surface area (Å²) in [6.45, 7) is 0.419. The van der Waals surface area contributed by atoms with E-state index in [1.165, 1.54) is 17.7 Å². The van der Waals surface area contributed by atoms with E-state index in [9.17, 15) is 14.7 Å². The molecule has 0 aromatic heterocycles. The van der Waals surface area contributed by atoms with Crippen molar-refractivity contribution < 1.29 is 19.4 Å². The molecular weight excluding hydrogens is 246 g/mol. The molecule has 1 saturated heterocycles. The lowest BCUT2D eigenvalue weighted by molar-refractivity contribution is -0.150. The van der Waals surface area contributed by atoms with E-state index in [1.807, 2.05) is 0 Å². The summed E-state index contributed by atoms with van der Waals surface area (Å²) < 4.78 is 5.23. The highest BCUT2D eigenvalue weighted by atomic mass is 16.5. The number of rotatable bonds is 3. The molecule has 5 nitrogen and oxygen atoms in total. The molecule has 2 fully saturated rings. The third kappa shape index (κ3) is 3.26. The van der Waals surface area contributed by atoms with E-state index in [-0.39, 0.29) is 17.9 Å². The number of hydrogen-bond acceptors (Lipinski definition) is 3. The number of likely N-dealkylation sites (tertiary alicyclic amines) is 1. The first-order chi connectivity index (χ1) is 9.13. The third-order valence-electron chi connectivity index (χ3n) is 4.37. The van der Waals surface area contributed by atoms with E-state index in [1.54, 1.807) is 7.11 Å². The van der Waals surface area contributed by atoms with Gasteiger partial charge in [0.1, 0.15) is 6.04 Å². The highest BCUT2D eigenvalue weighted by Crippen LogP contribution is 2.28. The van der Waals surface area contributed by atoms with Gasteiger partial charge < -0.3 is 14.7 Å². The maximum absolute atomic E-state index is 12.5. The fourth-order valence-electron chi connectivity index (χ4n) is 3.21. The van der Waals surface area contributed by atoms with Crippen molar-refractivity contribution in [2.24, 2.45) is 5.92 Å². The highest BCUT2D eigenvalue weighted by Gasteiger charge is 2.41. The second kappa shape index (κ2) is 6.37. The van der Waals surface area contributed by atoms with Crippen LogP contribution in [-0.4, -0.2) is 47.7 Å². The number of carboxylic acid groups (broad SMARTS) is 1. The van der Waals surface area contributed by atoms with Crippen LogP contribution in [0.3, 0.4) is 0 Å². The minimum absolute atomic E-state index is 0.0138. The zero-order valence-electron chi connectivity index (χ0n) is 11.5. The smallest absolute Gasteiger partial charge is 0.326 e. The van der Waals surface area contributed by atoms with Gasteiger partial charge in [0.2, 0.25) is 5.91 Å². The SMILES string of the molecule is COC1CC(C(=O)O)N(C(=O)C2CCCCCC2)C1. The largest absolute Gasteiger partial charge is 0.480 e. The molecule has 2 unspecified atom stereocenters. The molecule has 0 bridgehead atoms. The van der Waals surface area contributed by atoms with Gasteiger partial charge in [0.25, 0.3) is 0 Å². The molecule has 1 aliphatic heterocycles. The van der Waals surface area contributed by atoms with E-state index in [0.717, 1.165) is 25.7 Å². The summed E-state index contributed by atoms with van der Waals surface area (Å²) >= 11 is 0. The van der Waals surface area contributed by atoms with Crippen molar-refractivity contribution in [3.63, 3.8) is 0 Å². The second-order valence-corrected chi connectivity index (χ2v) is 5.63. The Balaban J connectivity index is 2.05. The molecule has 1 aliphatic carbocycles. The Morgan fingerprint density at radius 2 is 1.79 bits per heavy atom. The molecule has 2 rings (SSSR count). The third-order valence-corrected chi connectivity index (χ3v) is 4.37. The monoisotopic (exact) mass is 269 g/mol. The average Bonchev–Trinajstić information content (AvgIpc) is 2.65. The van der Waals surface area contributed by atoms with Crippen molar-refractivity contribution in [1.82, 2.24) is 4.90 Å². The van der Waals surface area contributed by atoms with Gasteiger partial charge in [0.05, 0.1) is 6.10 Å². The van der Waals surface area contributed by atoms with Gasteiger partial charge in [-0.3, -0.25) is 4.79 Å². The molecule has 2 aliphatic rings. The molecule has 19 heavy (non-hydrogen) atoms. The predicted octanol–water partition coefficient (Wildman–Crippen LogP) is 1.66. The Hall–Kier alpha value is -1.10. The summed E-state index contributed by atoms with van der Waals surface area (Å²) in [5.74, 6) is -0.879. The van der Waals surface area contributed by atoms with Crippen molar-refractivity contribution in [3.8, 4) is 0 Å². The summed E-state index contributed by atoms with van der Waals surface area (Å²) in [4.78, 5) is 25.3. The predicted molar refractivity (Wildman–Crippen MR) is 69.7 cm³/mol. The first-order valence-electron chi connectivity index (χ1n) is 7.19. The van der Waals surface area contributed by atoms with Gasteiger partial charge >= 0.3 is 5.97 Å². The van der Waals surface area contributed by atoms with E-state index in [4.69, 9.17) is 4.74 Å². The second-order valence-electron chi connectivity index (χ2n) is 5.63. The lowest BCUT2D eigenvalue weighted by atomic mass is 9.98. The number of carbonyl (C=O) groups excluding carboxylic acids is 1. The molecule has 1 heterocycles. The first kappa shape index (κ1) is 14.3. The normalized spacial score (nSPS) is 29.2. The number of nitrogens with zero attached hydrogens (tertiary/aromatic N) is 1. The van der Waals surface area contributed by atoms with Crippen molar-refractivity contribution >= 4 is 11.9 Å². The quantitative estimate of drug-likeness (QED) is 0.791. The molecule has 5 heteroatoms. The summed E-state index contributed by atoms with van der Waals surface area (Å²) in [6.07, 6.45) is 6.60. The minimum Gasteiger partial charge on any atom is -0.480 e. The van der Waals surface area contributed by atoms with Crippen molar-refractivity contribution in [2.75, 3.05) is 13.7 Å². The Morgan fingerprint density at radius 1 is 1.16 bits per heavy atom. The lowest BCUT2D eigenvalue weighted by Crippen LogP contribution is -2.43. The van der Waals surface area contributed by atoms with Gasteiger partial charge in [-0.2, -0.15) is 0 Å². The highest BCUT2D eigenvalue weighted by molar-refractivity contribution is 5.85. The maximum atomic E-state index is 12.5. The van der Waals surface area contributed by atoms with Gasteiger partial charge in [0.15, 0.2) is 0 Å². The Bertz CT molecular complexity index is 336. The Kier molecular flexibility index (Phi) is 4.80. The molecule has 1 amide bonds. The summed E-state index contributed by atoms with van der Waals surface area (Å²) in [5, 5.41) is 9.25. The van der Waals surface area contributed by atoms with Crippen LogP contribution in [0.4, 0.5) is 0 Å². The zero-order chi connectivity index (χ0) is 13.8. The van der Waals surface area contributed by atoms with Crippen LogP contribution in [-0.2, 0) is 14.3 Å². The molecule has 0 radical (unpaired) electrons. The van der Waals surface area contributed by atoms with Gasteiger partial charge in [-0.25, -0.2) is 4.79 Å². The Morgan fingerprint density at radius 3 is 2.32 bits per heavy atom. The van der Waals surface area contributed by atoms with Gasteiger partial charge in [-0.1, -0.05) is 25.7 Å². The van der Waals surface area contributed by atoms with Gasteiger partial charge in [-0.05, 0) is 12.8 Å². The Labute approximate surface area is 113 Å². The molecule has 1 N–H and O–H groups in total. The van der Waals surface area contributed by atoms with Crippen LogP contribution < -0.4 is 0 Å². The number of ether oxygens (including phenoxy) is 1. The first-order valence-corrected chi connectivity index (χ1v) is 7.19. The fraction of sp³-hybridized carbons (Fsp3) is 0.857. The van der Waals surface area contributed by atoms with Crippen molar-refractivity contribution in [1.29, 1.82) is 0 Å². The molecule has 0 aromatic carbocycles. The van der Waals surface area contributed by atoms with Crippen LogP contribution in [0.25, 0.3) is 0 Å². The molecule has 0 aromatic rings. The molecule has 1 saturated carbocycles. The van der Waals surface area contributed by atoms with Crippen LogP contribution in [0.15, 0.2) is 0 Å². The summed E-state index contributed by atoms with van der Waals surface area (Å²) in [5.41, 5.74) is 0. The fourth-order valence-corrected chi connectivity index (χ4v) is 3.21. The van der Waals surface area contributed by atoms with Crippen LogP contribution in [0, 0.1) is 5.92 Å². The molecule has 0 spiro atoms. The molecule has 108 valence electrons. The summed E-state index contributed by atoms with van der Waals surface area (Å²) in [7, 11) is 1.57. The summed E-state index contributed by atoms with van der Waals surface area (Å²) in [6, 6.07) is -0.708. The number of methoxy groups -OCH3 is 1. The van der Waals surface area contributed by atoms with E-state index >= 15 is 0 Å². The van der Waals surface area contributed by atoms with Gasteiger partial charge in [0, 0.05) is 26.0 Å². The van der Waals surface area contributed by atoms with Crippen molar-refractivity contribution in [3.05, 3.63) is 0 Å². The van der Waals surface area contributed by atoms with Crippen LogP contribution >= 0.6 is 0 Å². The minimum atomic E-state index is -0.915. The number of amides is 1. The maximum Gasteiger partial charge on any atom is 0.326 e.